The average molecular weight is 235 g/mol. The van der Waals surface area contributed by atoms with Crippen molar-refractivity contribution >= 4 is 19.9 Å². The largest absolute Gasteiger partial charge is 0.413 e. The van der Waals surface area contributed by atoms with Gasteiger partial charge in [-0.1, -0.05) is 13.8 Å². The Bertz CT molecular complexity index is 174. The molecule has 0 aromatic rings. The van der Waals surface area contributed by atoms with Gasteiger partial charge in [-0.3, -0.25) is 0 Å². The molecule has 1 aliphatic rings. The van der Waals surface area contributed by atoms with Gasteiger partial charge >= 0.3 is 0 Å². The highest BCUT2D eigenvalue weighted by atomic mass is 35.5. The van der Waals surface area contributed by atoms with Crippen LogP contribution in [0.25, 0.3) is 0 Å². The Morgan fingerprint density at radius 1 is 1.14 bits per heavy atom. The normalized spacial score (nSPS) is 34.5. The van der Waals surface area contributed by atoms with Gasteiger partial charge in [0.25, 0.3) is 0 Å². The lowest BCUT2D eigenvalue weighted by atomic mass is 9.82. The van der Waals surface area contributed by atoms with Gasteiger partial charge in [-0.25, -0.2) is 0 Å². The number of hydrogen-bond donors (Lipinski definition) is 0. The molecule has 0 radical (unpaired) electrons. The van der Waals surface area contributed by atoms with E-state index < -0.39 is 8.32 Å². The highest BCUT2D eigenvalue weighted by Crippen LogP contribution is 2.31. The van der Waals surface area contributed by atoms with Crippen LogP contribution in [0.2, 0.25) is 13.1 Å². The maximum atomic E-state index is 6.18. The molecule has 0 spiro atoms. The van der Waals surface area contributed by atoms with Gasteiger partial charge in [-0.15, -0.1) is 11.6 Å². The van der Waals surface area contributed by atoms with Crippen LogP contribution in [-0.2, 0) is 4.43 Å². The highest BCUT2D eigenvalue weighted by molar-refractivity contribution is 6.77. The fourth-order valence-corrected chi connectivity index (χ4v) is 3.80. The minimum atomic E-state index is -1.56. The van der Waals surface area contributed by atoms with Gasteiger partial charge in [0, 0.05) is 11.6 Å². The maximum absolute atomic E-state index is 6.18. The van der Waals surface area contributed by atoms with E-state index >= 15 is 0 Å². The Hall–Kier alpha value is 0.467. The molecule has 1 aliphatic carbocycles. The number of rotatable bonds is 3. The quantitative estimate of drug-likeness (QED) is 0.533. The van der Waals surface area contributed by atoms with Crippen molar-refractivity contribution in [3.63, 3.8) is 0 Å². The topological polar surface area (TPSA) is 9.23 Å². The second-order valence-electron chi connectivity index (χ2n) is 5.55. The third-order valence-electron chi connectivity index (χ3n) is 2.94. The minimum absolute atomic E-state index is 0.481. The smallest absolute Gasteiger partial charge is 0.201 e. The molecule has 0 aromatic carbocycles. The SMILES string of the molecule is CC1CC(C)CC(O[Si](C)(C)CCl)C1. The Morgan fingerprint density at radius 2 is 1.64 bits per heavy atom. The molecule has 0 aromatic heterocycles. The van der Waals surface area contributed by atoms with Gasteiger partial charge in [0.05, 0.1) is 0 Å². The number of halogens is 1. The second-order valence-corrected chi connectivity index (χ2v) is 10.4. The predicted octanol–water partition coefficient (Wildman–Crippen LogP) is 3.81. The maximum Gasteiger partial charge on any atom is 0.201 e. The van der Waals surface area contributed by atoms with Crippen LogP contribution in [0, 0.1) is 11.8 Å². The molecule has 1 rings (SSSR count). The molecular formula is C11H23ClOSi. The molecule has 0 heterocycles. The Kier molecular flexibility index (Phi) is 4.47. The number of hydrogen-bond acceptors (Lipinski definition) is 1. The van der Waals surface area contributed by atoms with Crippen LogP contribution in [0.4, 0.5) is 0 Å². The first-order valence-corrected chi connectivity index (χ1v) is 9.31. The van der Waals surface area contributed by atoms with Crippen LogP contribution in [0.5, 0.6) is 0 Å². The molecule has 14 heavy (non-hydrogen) atoms. The molecule has 0 saturated heterocycles. The van der Waals surface area contributed by atoms with Crippen LogP contribution in [0.3, 0.4) is 0 Å². The van der Waals surface area contributed by atoms with Crippen molar-refractivity contribution in [3.8, 4) is 0 Å². The minimum Gasteiger partial charge on any atom is -0.413 e. The summed E-state index contributed by atoms with van der Waals surface area (Å²) in [5, 5.41) is 0. The molecule has 0 N–H and O–H groups in total. The Balaban J connectivity index is 2.44. The summed E-state index contributed by atoms with van der Waals surface area (Å²) in [5.74, 6) is 1.65. The van der Waals surface area contributed by atoms with Crippen molar-refractivity contribution in [1.29, 1.82) is 0 Å². The summed E-state index contributed by atoms with van der Waals surface area (Å²) >= 11 is 5.92. The van der Waals surface area contributed by atoms with E-state index in [1.165, 1.54) is 19.3 Å². The zero-order valence-corrected chi connectivity index (χ0v) is 11.6. The molecule has 1 saturated carbocycles. The van der Waals surface area contributed by atoms with Crippen molar-refractivity contribution in [2.24, 2.45) is 11.8 Å². The van der Waals surface area contributed by atoms with Crippen LogP contribution < -0.4 is 0 Å². The lowest BCUT2D eigenvalue weighted by Gasteiger charge is -2.35. The van der Waals surface area contributed by atoms with Crippen LogP contribution >= 0.6 is 11.6 Å². The predicted molar refractivity (Wildman–Crippen MR) is 65.3 cm³/mol. The number of alkyl halides is 1. The summed E-state index contributed by atoms with van der Waals surface area (Å²) in [6, 6.07) is 0. The van der Waals surface area contributed by atoms with E-state index in [0.717, 1.165) is 11.8 Å². The van der Waals surface area contributed by atoms with E-state index in [1.807, 2.05) is 0 Å². The Morgan fingerprint density at radius 3 is 2.07 bits per heavy atom. The molecule has 0 bridgehead atoms. The van der Waals surface area contributed by atoms with E-state index in [0.29, 0.717) is 11.6 Å². The van der Waals surface area contributed by atoms with E-state index in [9.17, 15) is 0 Å². The molecule has 3 heteroatoms. The van der Waals surface area contributed by atoms with Gasteiger partial charge in [-0.05, 0) is 44.2 Å². The fraction of sp³-hybridized carbons (Fsp3) is 1.00. The van der Waals surface area contributed by atoms with Crippen LogP contribution in [0.1, 0.15) is 33.1 Å². The summed E-state index contributed by atoms with van der Waals surface area (Å²) < 4.78 is 6.18. The van der Waals surface area contributed by atoms with Crippen molar-refractivity contribution < 1.29 is 4.43 Å². The molecule has 0 aliphatic heterocycles. The lowest BCUT2D eigenvalue weighted by molar-refractivity contribution is 0.0949. The average Bonchev–Trinajstić information content (AvgIpc) is 2.01. The monoisotopic (exact) mass is 234 g/mol. The van der Waals surface area contributed by atoms with Crippen molar-refractivity contribution in [2.45, 2.75) is 52.3 Å². The van der Waals surface area contributed by atoms with Crippen LogP contribution in [-0.4, -0.2) is 19.9 Å². The van der Waals surface area contributed by atoms with E-state index in [4.69, 9.17) is 16.0 Å². The molecule has 2 atom stereocenters. The summed E-state index contributed by atoms with van der Waals surface area (Å²) in [6.45, 7) is 9.09. The zero-order chi connectivity index (χ0) is 10.8. The van der Waals surface area contributed by atoms with E-state index in [1.54, 1.807) is 0 Å². The first-order chi connectivity index (χ1) is 6.43. The molecule has 84 valence electrons. The summed E-state index contributed by atoms with van der Waals surface area (Å²) in [4.78, 5) is 0. The summed E-state index contributed by atoms with van der Waals surface area (Å²) in [6.07, 6.45) is 4.31. The standard InChI is InChI=1S/C11H23ClOSi/c1-9-5-10(2)7-11(6-9)13-14(3,4)8-12/h9-11H,5-8H2,1-4H3. The van der Waals surface area contributed by atoms with Crippen molar-refractivity contribution in [3.05, 3.63) is 0 Å². The van der Waals surface area contributed by atoms with Gasteiger partial charge in [-0.2, -0.15) is 0 Å². The lowest BCUT2D eigenvalue weighted by Crippen LogP contribution is -2.40. The molecular weight excluding hydrogens is 212 g/mol. The van der Waals surface area contributed by atoms with Crippen molar-refractivity contribution in [2.75, 3.05) is 5.50 Å². The molecule has 1 fully saturated rings. The first-order valence-electron chi connectivity index (χ1n) is 5.66. The summed E-state index contributed by atoms with van der Waals surface area (Å²) in [5.41, 5.74) is 0.715. The van der Waals surface area contributed by atoms with Gasteiger partial charge < -0.3 is 4.43 Å². The summed E-state index contributed by atoms with van der Waals surface area (Å²) in [7, 11) is -1.56. The highest BCUT2D eigenvalue weighted by Gasteiger charge is 2.30. The second kappa shape index (κ2) is 5.00. The molecule has 2 unspecified atom stereocenters. The van der Waals surface area contributed by atoms with E-state index in [2.05, 4.69) is 26.9 Å². The third-order valence-corrected chi connectivity index (χ3v) is 6.49. The molecule has 1 nitrogen and oxygen atoms in total. The van der Waals surface area contributed by atoms with Gasteiger partial charge in [0.2, 0.25) is 8.32 Å². The zero-order valence-electron chi connectivity index (χ0n) is 9.85. The van der Waals surface area contributed by atoms with Crippen molar-refractivity contribution in [1.82, 2.24) is 0 Å². The third kappa shape index (κ3) is 3.91. The van der Waals surface area contributed by atoms with Crippen LogP contribution in [0.15, 0.2) is 0 Å². The van der Waals surface area contributed by atoms with Gasteiger partial charge in [0.1, 0.15) is 0 Å². The first kappa shape index (κ1) is 12.5. The van der Waals surface area contributed by atoms with Gasteiger partial charge in [0.15, 0.2) is 0 Å². The van der Waals surface area contributed by atoms with E-state index in [-0.39, 0.29) is 0 Å². The fourth-order valence-electron chi connectivity index (χ4n) is 2.45. The molecule has 0 amide bonds. The Labute approximate surface area is 94.3 Å².